The molecule has 1 aromatic heterocycles. The van der Waals surface area contributed by atoms with E-state index in [0.29, 0.717) is 25.2 Å². The zero-order valence-electron chi connectivity index (χ0n) is 16.4. The molecule has 2 aromatic rings. The second-order valence-corrected chi connectivity index (χ2v) is 8.31. The zero-order valence-corrected chi connectivity index (χ0v) is 17.2. The van der Waals surface area contributed by atoms with Crippen molar-refractivity contribution in [3.8, 4) is 0 Å². The maximum atomic E-state index is 12.6. The Morgan fingerprint density at radius 3 is 2.48 bits per heavy atom. The Labute approximate surface area is 161 Å². The summed E-state index contributed by atoms with van der Waals surface area (Å²) in [6.45, 7) is 9.52. The molecule has 0 saturated carbocycles. The molecule has 1 amide bonds. The van der Waals surface area contributed by atoms with Crippen molar-refractivity contribution in [3.63, 3.8) is 0 Å². The summed E-state index contributed by atoms with van der Waals surface area (Å²) in [6, 6.07) is 8.19. The molecule has 148 valence electrons. The van der Waals surface area contributed by atoms with Gasteiger partial charge in [-0.25, -0.2) is 8.42 Å². The number of nitrogens with one attached hydrogen (secondary N) is 1. The van der Waals surface area contributed by atoms with Gasteiger partial charge in [-0.3, -0.25) is 9.48 Å². The highest BCUT2D eigenvalue weighted by molar-refractivity contribution is 7.89. The molecule has 1 N–H and O–H groups in total. The fraction of sp³-hybridized carbons (Fsp3) is 0.474. The van der Waals surface area contributed by atoms with E-state index in [4.69, 9.17) is 0 Å². The van der Waals surface area contributed by atoms with Crippen molar-refractivity contribution >= 4 is 15.9 Å². The fourth-order valence-corrected chi connectivity index (χ4v) is 4.45. The number of aryl methyl sites for hydroxylation is 3. The van der Waals surface area contributed by atoms with Gasteiger partial charge in [0.25, 0.3) is 5.91 Å². The largest absolute Gasteiger partial charge is 0.352 e. The van der Waals surface area contributed by atoms with Crippen LogP contribution in [0.2, 0.25) is 0 Å². The molecule has 7 nitrogen and oxygen atoms in total. The first kappa shape index (κ1) is 21.1. The molecular formula is C19H28N4O3S. The lowest BCUT2D eigenvalue weighted by Gasteiger charge is -2.18. The number of aromatic nitrogens is 2. The van der Waals surface area contributed by atoms with Gasteiger partial charge in [0.15, 0.2) is 0 Å². The van der Waals surface area contributed by atoms with Crippen LogP contribution < -0.4 is 5.32 Å². The average molecular weight is 393 g/mol. The molecule has 1 aromatic carbocycles. The molecule has 0 aliphatic carbocycles. The smallest absolute Gasteiger partial charge is 0.251 e. The molecule has 0 atom stereocenters. The van der Waals surface area contributed by atoms with E-state index in [0.717, 1.165) is 24.4 Å². The first-order valence-corrected chi connectivity index (χ1v) is 10.6. The van der Waals surface area contributed by atoms with E-state index in [2.05, 4.69) is 10.4 Å². The van der Waals surface area contributed by atoms with Crippen molar-refractivity contribution in [1.82, 2.24) is 19.4 Å². The molecule has 0 unspecified atom stereocenters. The molecule has 0 aliphatic heterocycles. The van der Waals surface area contributed by atoms with E-state index in [1.807, 2.05) is 24.6 Å². The van der Waals surface area contributed by atoms with Crippen LogP contribution in [-0.2, 0) is 16.6 Å². The van der Waals surface area contributed by atoms with Crippen molar-refractivity contribution in [1.29, 1.82) is 0 Å². The number of nitrogens with zero attached hydrogens (tertiary/aromatic N) is 3. The van der Waals surface area contributed by atoms with Gasteiger partial charge >= 0.3 is 0 Å². The monoisotopic (exact) mass is 392 g/mol. The topological polar surface area (TPSA) is 84.3 Å². The average Bonchev–Trinajstić information content (AvgIpc) is 2.96. The van der Waals surface area contributed by atoms with Crippen LogP contribution in [0.1, 0.15) is 42.0 Å². The number of carbonyl (C=O) groups excluding carboxylic acids is 1. The van der Waals surface area contributed by atoms with E-state index in [1.165, 1.54) is 16.4 Å². The normalized spacial score (nSPS) is 11.7. The van der Waals surface area contributed by atoms with Gasteiger partial charge in [0.1, 0.15) is 0 Å². The van der Waals surface area contributed by atoms with Crippen LogP contribution in [0, 0.1) is 13.8 Å². The molecule has 0 spiro atoms. The molecule has 1 heterocycles. The maximum absolute atomic E-state index is 12.6. The van der Waals surface area contributed by atoms with Crippen LogP contribution in [0.5, 0.6) is 0 Å². The lowest BCUT2D eigenvalue weighted by Crippen LogP contribution is -2.31. The Kier molecular flexibility index (Phi) is 7.15. The SMILES string of the molecule is CCN(CC)S(=O)(=O)c1cccc(C(=O)NCCCn2nc(C)cc2C)c1. The summed E-state index contributed by atoms with van der Waals surface area (Å²) in [7, 11) is -3.58. The minimum Gasteiger partial charge on any atom is -0.352 e. The summed E-state index contributed by atoms with van der Waals surface area (Å²) in [4.78, 5) is 12.5. The second kappa shape index (κ2) is 9.14. The number of carbonyl (C=O) groups is 1. The van der Waals surface area contributed by atoms with Gasteiger partial charge in [0, 0.05) is 37.4 Å². The second-order valence-electron chi connectivity index (χ2n) is 6.38. The Morgan fingerprint density at radius 1 is 1.19 bits per heavy atom. The summed E-state index contributed by atoms with van der Waals surface area (Å²) in [5.41, 5.74) is 2.41. The van der Waals surface area contributed by atoms with Gasteiger partial charge in [0.05, 0.1) is 10.6 Å². The molecule has 0 aliphatic rings. The third-order valence-electron chi connectivity index (χ3n) is 4.38. The highest BCUT2D eigenvalue weighted by Crippen LogP contribution is 2.17. The van der Waals surface area contributed by atoms with Gasteiger partial charge < -0.3 is 5.32 Å². The predicted octanol–water partition coefficient (Wildman–Crippen LogP) is 2.35. The molecule has 0 bridgehead atoms. The van der Waals surface area contributed by atoms with E-state index < -0.39 is 10.0 Å². The van der Waals surface area contributed by atoms with E-state index in [9.17, 15) is 13.2 Å². The standard InChI is InChI=1S/C19H28N4O3S/c1-5-22(6-2)27(25,26)18-10-7-9-17(14-18)19(24)20-11-8-12-23-16(4)13-15(3)21-23/h7,9-10,13-14H,5-6,8,11-12H2,1-4H3,(H,20,24). The fourth-order valence-electron chi connectivity index (χ4n) is 2.94. The Bertz CT molecular complexity index is 886. The number of hydrogen-bond donors (Lipinski definition) is 1. The number of sulfonamides is 1. The highest BCUT2D eigenvalue weighted by Gasteiger charge is 2.22. The summed E-state index contributed by atoms with van der Waals surface area (Å²) in [5, 5.41) is 7.23. The Hall–Kier alpha value is -2.19. The van der Waals surface area contributed by atoms with Gasteiger partial charge in [-0.05, 0) is 44.5 Å². The van der Waals surface area contributed by atoms with Crippen LogP contribution in [0.15, 0.2) is 35.2 Å². The van der Waals surface area contributed by atoms with Crippen molar-refractivity contribution < 1.29 is 13.2 Å². The Balaban J connectivity index is 1.98. The number of benzene rings is 1. The molecule has 2 rings (SSSR count). The van der Waals surface area contributed by atoms with Crippen molar-refractivity contribution in [2.24, 2.45) is 0 Å². The van der Waals surface area contributed by atoms with E-state index in [-0.39, 0.29) is 10.8 Å². The van der Waals surface area contributed by atoms with Crippen LogP contribution in [0.25, 0.3) is 0 Å². The van der Waals surface area contributed by atoms with Crippen LogP contribution >= 0.6 is 0 Å². The van der Waals surface area contributed by atoms with Gasteiger partial charge in [-0.15, -0.1) is 0 Å². The first-order chi connectivity index (χ1) is 12.8. The van der Waals surface area contributed by atoms with Crippen molar-refractivity contribution in [3.05, 3.63) is 47.3 Å². The quantitative estimate of drug-likeness (QED) is 0.664. The van der Waals surface area contributed by atoms with E-state index >= 15 is 0 Å². The lowest BCUT2D eigenvalue weighted by atomic mass is 10.2. The summed E-state index contributed by atoms with van der Waals surface area (Å²) in [6.07, 6.45) is 0.741. The van der Waals surface area contributed by atoms with E-state index in [1.54, 1.807) is 26.0 Å². The van der Waals surface area contributed by atoms with Gasteiger partial charge in [0.2, 0.25) is 10.0 Å². The first-order valence-electron chi connectivity index (χ1n) is 9.19. The third kappa shape index (κ3) is 5.17. The summed E-state index contributed by atoms with van der Waals surface area (Å²) in [5.74, 6) is -0.278. The van der Waals surface area contributed by atoms with Gasteiger partial charge in [-0.1, -0.05) is 19.9 Å². The zero-order chi connectivity index (χ0) is 20.0. The third-order valence-corrected chi connectivity index (χ3v) is 6.42. The Morgan fingerprint density at radius 2 is 1.89 bits per heavy atom. The minimum atomic E-state index is -3.58. The molecule has 8 heteroatoms. The highest BCUT2D eigenvalue weighted by atomic mass is 32.2. The predicted molar refractivity (Wildman–Crippen MR) is 105 cm³/mol. The summed E-state index contributed by atoms with van der Waals surface area (Å²) >= 11 is 0. The van der Waals surface area contributed by atoms with Gasteiger partial charge in [-0.2, -0.15) is 9.40 Å². The van der Waals surface area contributed by atoms with Crippen LogP contribution in [-0.4, -0.2) is 48.0 Å². The molecular weight excluding hydrogens is 364 g/mol. The summed E-state index contributed by atoms with van der Waals surface area (Å²) < 4.78 is 28.5. The molecule has 0 saturated heterocycles. The number of amides is 1. The van der Waals surface area contributed by atoms with Crippen LogP contribution in [0.4, 0.5) is 0 Å². The van der Waals surface area contributed by atoms with Crippen molar-refractivity contribution in [2.45, 2.75) is 45.6 Å². The maximum Gasteiger partial charge on any atom is 0.251 e. The molecule has 27 heavy (non-hydrogen) atoms. The molecule has 0 radical (unpaired) electrons. The number of hydrogen-bond acceptors (Lipinski definition) is 4. The molecule has 0 fully saturated rings. The number of rotatable bonds is 9. The van der Waals surface area contributed by atoms with Crippen molar-refractivity contribution in [2.75, 3.05) is 19.6 Å². The van der Waals surface area contributed by atoms with Crippen LogP contribution in [0.3, 0.4) is 0 Å². The minimum absolute atomic E-state index is 0.140. The lowest BCUT2D eigenvalue weighted by molar-refractivity contribution is 0.0952.